The molecular formula is C16H20N2O2S. The third-order valence-electron chi connectivity index (χ3n) is 4.08. The predicted octanol–water partition coefficient (Wildman–Crippen LogP) is 3.30. The second-order valence-corrected chi connectivity index (χ2v) is 6.64. The van der Waals surface area contributed by atoms with Crippen molar-refractivity contribution in [3.63, 3.8) is 0 Å². The Bertz CT molecular complexity index is 633. The van der Waals surface area contributed by atoms with Crippen LogP contribution in [0.5, 0.6) is 5.19 Å². The number of ether oxygens (including phenoxy) is 1. The van der Waals surface area contributed by atoms with Crippen molar-refractivity contribution in [3.05, 3.63) is 23.3 Å². The molecule has 1 aromatic carbocycles. The maximum atomic E-state index is 11.3. The van der Waals surface area contributed by atoms with Crippen molar-refractivity contribution in [1.29, 1.82) is 0 Å². The normalized spacial score (nSPS) is 16.4. The highest BCUT2D eigenvalue weighted by atomic mass is 32.1. The fourth-order valence-electron chi connectivity index (χ4n) is 2.72. The van der Waals surface area contributed by atoms with E-state index in [0.29, 0.717) is 0 Å². The number of amides is 1. The maximum Gasteiger partial charge on any atom is 0.274 e. The molecule has 0 atom stereocenters. The van der Waals surface area contributed by atoms with E-state index in [0.717, 1.165) is 36.6 Å². The number of aromatic nitrogens is 1. The molecule has 0 spiro atoms. The molecular weight excluding hydrogens is 284 g/mol. The van der Waals surface area contributed by atoms with Crippen LogP contribution in [0.15, 0.2) is 12.1 Å². The molecule has 3 rings (SSSR count). The highest BCUT2D eigenvalue weighted by molar-refractivity contribution is 7.20. The fraction of sp³-hybridized carbons (Fsp3) is 0.500. The molecule has 0 bridgehead atoms. The Labute approximate surface area is 128 Å². The van der Waals surface area contributed by atoms with Crippen molar-refractivity contribution in [2.75, 3.05) is 13.1 Å². The molecule has 21 heavy (non-hydrogen) atoms. The topological polar surface area (TPSA) is 42.4 Å². The first-order chi connectivity index (χ1) is 10.0. The molecule has 4 nitrogen and oxygen atoms in total. The summed E-state index contributed by atoms with van der Waals surface area (Å²) < 4.78 is 7.26. The number of benzene rings is 1. The lowest BCUT2D eigenvalue weighted by Crippen LogP contribution is -2.40. The number of carbonyl (C=O) groups excluding carboxylic acids is 1. The summed E-state index contributed by atoms with van der Waals surface area (Å²) in [5.74, 6) is 0.152. The molecule has 1 aliphatic heterocycles. The molecule has 1 amide bonds. The zero-order valence-corrected chi connectivity index (χ0v) is 13.5. The van der Waals surface area contributed by atoms with Crippen LogP contribution in [0.3, 0.4) is 0 Å². The van der Waals surface area contributed by atoms with Crippen LogP contribution >= 0.6 is 11.3 Å². The molecule has 5 heteroatoms. The van der Waals surface area contributed by atoms with E-state index in [1.165, 1.54) is 15.8 Å². The van der Waals surface area contributed by atoms with Gasteiger partial charge in [0.15, 0.2) is 0 Å². The molecule has 0 aliphatic carbocycles. The first-order valence-electron chi connectivity index (χ1n) is 7.33. The van der Waals surface area contributed by atoms with Crippen molar-refractivity contribution in [3.8, 4) is 5.19 Å². The van der Waals surface area contributed by atoms with Crippen LogP contribution in [0.1, 0.15) is 30.9 Å². The zero-order chi connectivity index (χ0) is 15.0. The van der Waals surface area contributed by atoms with Crippen LogP contribution in [0, 0.1) is 13.8 Å². The van der Waals surface area contributed by atoms with Gasteiger partial charge in [-0.3, -0.25) is 4.79 Å². The Balaban J connectivity index is 1.73. The van der Waals surface area contributed by atoms with E-state index in [-0.39, 0.29) is 12.0 Å². The lowest BCUT2D eigenvalue weighted by Gasteiger charge is -2.30. The van der Waals surface area contributed by atoms with E-state index in [4.69, 9.17) is 4.74 Å². The second kappa shape index (κ2) is 5.64. The summed E-state index contributed by atoms with van der Waals surface area (Å²) in [5.41, 5.74) is 3.48. The predicted molar refractivity (Wildman–Crippen MR) is 85.0 cm³/mol. The third-order valence-corrected chi connectivity index (χ3v) is 5.16. The lowest BCUT2D eigenvalue weighted by atomic mass is 10.1. The van der Waals surface area contributed by atoms with Crippen LogP contribution in [0.2, 0.25) is 0 Å². The van der Waals surface area contributed by atoms with Gasteiger partial charge in [-0.25, -0.2) is 4.98 Å². The van der Waals surface area contributed by atoms with Gasteiger partial charge >= 0.3 is 0 Å². The molecule has 112 valence electrons. The molecule has 0 radical (unpaired) electrons. The number of fused-ring (bicyclic) bond motifs is 1. The average Bonchev–Trinajstić information content (AvgIpc) is 2.89. The van der Waals surface area contributed by atoms with Gasteiger partial charge in [0, 0.05) is 32.9 Å². The smallest absolute Gasteiger partial charge is 0.274 e. The molecule has 1 aromatic heterocycles. The molecule has 1 aliphatic rings. The van der Waals surface area contributed by atoms with Gasteiger partial charge < -0.3 is 9.64 Å². The number of carbonyl (C=O) groups is 1. The van der Waals surface area contributed by atoms with Crippen molar-refractivity contribution in [2.45, 2.75) is 39.7 Å². The third kappa shape index (κ3) is 2.88. The largest absolute Gasteiger partial charge is 0.467 e. The van der Waals surface area contributed by atoms with Gasteiger partial charge in [-0.15, -0.1) is 0 Å². The van der Waals surface area contributed by atoms with Gasteiger partial charge in [-0.05, 0) is 25.0 Å². The van der Waals surface area contributed by atoms with Gasteiger partial charge in [0.2, 0.25) is 5.91 Å². The number of nitrogens with zero attached hydrogens (tertiary/aromatic N) is 2. The molecule has 2 heterocycles. The van der Waals surface area contributed by atoms with Crippen molar-refractivity contribution >= 4 is 27.5 Å². The van der Waals surface area contributed by atoms with E-state index in [2.05, 4.69) is 31.0 Å². The van der Waals surface area contributed by atoms with Crippen LogP contribution in [0.25, 0.3) is 10.2 Å². The number of likely N-dealkylation sites (tertiary alicyclic amines) is 1. The first-order valence-corrected chi connectivity index (χ1v) is 8.15. The number of hydrogen-bond donors (Lipinski definition) is 0. The minimum Gasteiger partial charge on any atom is -0.467 e. The average molecular weight is 304 g/mol. The lowest BCUT2D eigenvalue weighted by molar-refractivity contribution is -0.130. The molecule has 2 aromatic rings. The van der Waals surface area contributed by atoms with Crippen molar-refractivity contribution in [2.24, 2.45) is 0 Å². The Kier molecular flexibility index (Phi) is 3.85. The van der Waals surface area contributed by atoms with Gasteiger partial charge in [-0.2, -0.15) is 0 Å². The fourth-order valence-corrected chi connectivity index (χ4v) is 3.75. The van der Waals surface area contributed by atoms with E-state index in [9.17, 15) is 4.79 Å². The molecule has 1 saturated heterocycles. The number of rotatable bonds is 2. The summed E-state index contributed by atoms with van der Waals surface area (Å²) in [4.78, 5) is 17.8. The monoisotopic (exact) mass is 304 g/mol. The Morgan fingerprint density at radius 1 is 1.29 bits per heavy atom. The Morgan fingerprint density at radius 2 is 1.95 bits per heavy atom. The van der Waals surface area contributed by atoms with Crippen LogP contribution < -0.4 is 4.74 Å². The number of piperidine rings is 1. The van der Waals surface area contributed by atoms with Crippen LogP contribution in [-0.4, -0.2) is 35.0 Å². The molecule has 1 fully saturated rings. The van der Waals surface area contributed by atoms with E-state index in [1.54, 1.807) is 18.3 Å². The number of aryl methyl sites for hydroxylation is 2. The van der Waals surface area contributed by atoms with E-state index < -0.39 is 0 Å². The van der Waals surface area contributed by atoms with Crippen LogP contribution in [-0.2, 0) is 4.79 Å². The summed E-state index contributed by atoms with van der Waals surface area (Å²) in [5, 5.41) is 0.753. The first kappa shape index (κ1) is 14.3. The number of thiazole rings is 1. The van der Waals surface area contributed by atoms with Crippen LogP contribution in [0.4, 0.5) is 0 Å². The summed E-state index contributed by atoms with van der Waals surface area (Å²) >= 11 is 1.62. The van der Waals surface area contributed by atoms with Crippen molar-refractivity contribution < 1.29 is 9.53 Å². The van der Waals surface area contributed by atoms with Gasteiger partial charge in [0.05, 0.1) is 10.2 Å². The summed E-state index contributed by atoms with van der Waals surface area (Å²) in [7, 11) is 0. The molecule has 0 saturated carbocycles. The molecule has 0 unspecified atom stereocenters. The maximum absolute atomic E-state index is 11.3. The number of hydrogen-bond acceptors (Lipinski definition) is 4. The van der Waals surface area contributed by atoms with Gasteiger partial charge in [0.1, 0.15) is 6.10 Å². The minimum absolute atomic E-state index is 0.152. The highest BCUT2D eigenvalue weighted by Crippen LogP contribution is 2.33. The Hall–Kier alpha value is -1.62. The molecule has 0 N–H and O–H groups in total. The van der Waals surface area contributed by atoms with Gasteiger partial charge in [-0.1, -0.05) is 23.5 Å². The SMILES string of the molecule is CC(=O)N1CCC(Oc2nc3c(C)ccc(C)c3s2)CC1. The quantitative estimate of drug-likeness (QED) is 0.855. The second-order valence-electron chi connectivity index (χ2n) is 5.68. The van der Waals surface area contributed by atoms with E-state index >= 15 is 0 Å². The van der Waals surface area contributed by atoms with Gasteiger partial charge in [0.25, 0.3) is 5.19 Å². The summed E-state index contributed by atoms with van der Waals surface area (Å²) in [6.07, 6.45) is 1.93. The standard InChI is InChI=1S/C16H20N2O2S/c1-10-4-5-11(2)15-14(10)17-16(21-15)20-13-6-8-18(9-7-13)12(3)19/h4-5,13H,6-9H2,1-3H3. The summed E-state index contributed by atoms with van der Waals surface area (Å²) in [6.45, 7) is 7.37. The zero-order valence-electron chi connectivity index (χ0n) is 12.7. The van der Waals surface area contributed by atoms with E-state index in [1.807, 2.05) is 4.90 Å². The summed E-state index contributed by atoms with van der Waals surface area (Å²) in [6, 6.07) is 4.23. The Morgan fingerprint density at radius 3 is 2.57 bits per heavy atom. The highest BCUT2D eigenvalue weighted by Gasteiger charge is 2.23. The minimum atomic E-state index is 0.152. The van der Waals surface area contributed by atoms with Crippen molar-refractivity contribution in [1.82, 2.24) is 9.88 Å².